The van der Waals surface area contributed by atoms with Crippen LogP contribution in [0.3, 0.4) is 0 Å². The summed E-state index contributed by atoms with van der Waals surface area (Å²) >= 11 is 3.28. The lowest BCUT2D eigenvalue weighted by molar-refractivity contribution is 0.0695. The molecular formula is C14H17BrN2O4. The van der Waals surface area contributed by atoms with Gasteiger partial charge in [0.05, 0.1) is 12.2 Å². The van der Waals surface area contributed by atoms with Crippen LogP contribution in [0.15, 0.2) is 22.7 Å². The quantitative estimate of drug-likeness (QED) is 0.900. The van der Waals surface area contributed by atoms with E-state index in [0.29, 0.717) is 37.3 Å². The van der Waals surface area contributed by atoms with E-state index in [2.05, 4.69) is 20.8 Å². The predicted octanol–water partition coefficient (Wildman–Crippen LogP) is 2.43. The van der Waals surface area contributed by atoms with E-state index >= 15 is 0 Å². The Bertz CT molecular complexity index is 542. The molecule has 1 aliphatic heterocycles. The van der Waals surface area contributed by atoms with Gasteiger partial charge in [0.1, 0.15) is 0 Å². The minimum atomic E-state index is -0.958. The van der Waals surface area contributed by atoms with Gasteiger partial charge in [0.25, 0.3) is 0 Å². The number of carboxylic acids is 1. The first kappa shape index (κ1) is 15.6. The molecule has 0 radical (unpaired) electrons. The first-order valence-electron chi connectivity index (χ1n) is 6.72. The smallest absolute Gasteiger partial charge is 0.409 e. The standard InChI is InChI=1S/C14H17BrN2O4/c1-2-21-14(20)17-7-5-16(6-8-17)10-3-4-11(13(18)19)12(15)9-10/h3-4,9H,2,5-8H2,1H3,(H,18,19). The van der Waals surface area contributed by atoms with Crippen LogP contribution < -0.4 is 4.90 Å². The van der Waals surface area contributed by atoms with E-state index in [4.69, 9.17) is 9.84 Å². The number of carbonyl (C=O) groups is 2. The lowest BCUT2D eigenvalue weighted by Gasteiger charge is -2.35. The maximum Gasteiger partial charge on any atom is 0.409 e. The summed E-state index contributed by atoms with van der Waals surface area (Å²) in [6.07, 6.45) is -0.278. The maximum absolute atomic E-state index is 11.6. The molecule has 1 aromatic rings. The summed E-state index contributed by atoms with van der Waals surface area (Å²) in [5.41, 5.74) is 1.18. The van der Waals surface area contributed by atoms with Crippen LogP contribution >= 0.6 is 15.9 Å². The number of benzene rings is 1. The molecule has 0 bridgehead atoms. The fraction of sp³-hybridized carbons (Fsp3) is 0.429. The Balaban J connectivity index is 2.01. The molecule has 1 heterocycles. The summed E-state index contributed by atoms with van der Waals surface area (Å²) in [7, 11) is 0. The van der Waals surface area contributed by atoms with Gasteiger partial charge in [0.2, 0.25) is 0 Å². The van der Waals surface area contributed by atoms with Gasteiger partial charge in [-0.1, -0.05) is 0 Å². The van der Waals surface area contributed by atoms with Crippen molar-refractivity contribution in [2.45, 2.75) is 6.92 Å². The van der Waals surface area contributed by atoms with Gasteiger partial charge in [0, 0.05) is 36.3 Å². The summed E-state index contributed by atoms with van der Waals surface area (Å²) in [6, 6.07) is 5.16. The van der Waals surface area contributed by atoms with Crippen molar-refractivity contribution in [1.29, 1.82) is 0 Å². The summed E-state index contributed by atoms with van der Waals surface area (Å²) in [6.45, 7) is 4.74. The highest BCUT2D eigenvalue weighted by Crippen LogP contribution is 2.25. The van der Waals surface area contributed by atoms with E-state index < -0.39 is 5.97 Å². The molecule has 0 atom stereocenters. The molecule has 7 heteroatoms. The minimum absolute atomic E-state index is 0.240. The third-order valence-electron chi connectivity index (χ3n) is 3.35. The molecule has 6 nitrogen and oxygen atoms in total. The van der Waals surface area contributed by atoms with Gasteiger partial charge in [-0.05, 0) is 41.1 Å². The van der Waals surface area contributed by atoms with Crippen LogP contribution in [0.4, 0.5) is 10.5 Å². The Labute approximate surface area is 131 Å². The van der Waals surface area contributed by atoms with Crippen molar-refractivity contribution in [2.75, 3.05) is 37.7 Å². The number of hydrogen-bond donors (Lipinski definition) is 1. The molecule has 1 N–H and O–H groups in total. The van der Waals surface area contributed by atoms with Crippen molar-refractivity contribution in [3.8, 4) is 0 Å². The highest BCUT2D eigenvalue weighted by atomic mass is 79.9. The lowest BCUT2D eigenvalue weighted by atomic mass is 10.2. The maximum atomic E-state index is 11.6. The van der Waals surface area contributed by atoms with Crippen molar-refractivity contribution in [2.24, 2.45) is 0 Å². The van der Waals surface area contributed by atoms with Crippen LogP contribution in [-0.4, -0.2) is 54.9 Å². The van der Waals surface area contributed by atoms with Crippen LogP contribution in [-0.2, 0) is 4.74 Å². The summed E-state index contributed by atoms with van der Waals surface area (Å²) in [4.78, 5) is 26.4. The third kappa shape index (κ3) is 3.66. The minimum Gasteiger partial charge on any atom is -0.478 e. The van der Waals surface area contributed by atoms with Crippen LogP contribution in [0, 0.1) is 0 Å². The number of amides is 1. The number of halogens is 1. The first-order valence-corrected chi connectivity index (χ1v) is 7.51. The zero-order valence-electron chi connectivity index (χ0n) is 11.7. The normalized spacial score (nSPS) is 15.0. The monoisotopic (exact) mass is 356 g/mol. The van der Waals surface area contributed by atoms with Gasteiger partial charge in [-0.3, -0.25) is 0 Å². The van der Waals surface area contributed by atoms with Crippen LogP contribution in [0.5, 0.6) is 0 Å². The fourth-order valence-corrected chi connectivity index (χ4v) is 2.77. The molecule has 1 fully saturated rings. The van der Waals surface area contributed by atoms with Crippen molar-refractivity contribution >= 4 is 33.7 Å². The average molecular weight is 357 g/mol. The van der Waals surface area contributed by atoms with E-state index in [1.54, 1.807) is 30.0 Å². The van der Waals surface area contributed by atoms with Crippen molar-refractivity contribution in [3.05, 3.63) is 28.2 Å². The Kier molecular flexibility index (Phi) is 5.06. The number of carboxylic acid groups (broad SMARTS) is 1. The largest absolute Gasteiger partial charge is 0.478 e. The number of anilines is 1. The Hall–Kier alpha value is -1.76. The van der Waals surface area contributed by atoms with Crippen molar-refractivity contribution < 1.29 is 19.4 Å². The first-order chi connectivity index (χ1) is 10.0. The molecular weight excluding hydrogens is 340 g/mol. The molecule has 2 rings (SSSR count). The van der Waals surface area contributed by atoms with E-state index in [0.717, 1.165) is 5.69 Å². The molecule has 1 saturated heterocycles. The molecule has 0 saturated carbocycles. The molecule has 0 unspecified atom stereocenters. The topological polar surface area (TPSA) is 70.1 Å². The number of rotatable bonds is 3. The predicted molar refractivity (Wildman–Crippen MR) is 81.9 cm³/mol. The van der Waals surface area contributed by atoms with E-state index in [1.165, 1.54) is 0 Å². The average Bonchev–Trinajstić information content (AvgIpc) is 2.47. The van der Waals surface area contributed by atoms with Crippen LogP contribution in [0.1, 0.15) is 17.3 Å². The zero-order chi connectivity index (χ0) is 15.4. The molecule has 1 aliphatic rings. The lowest BCUT2D eigenvalue weighted by Crippen LogP contribution is -2.49. The zero-order valence-corrected chi connectivity index (χ0v) is 13.3. The van der Waals surface area contributed by atoms with Gasteiger partial charge >= 0.3 is 12.1 Å². The van der Waals surface area contributed by atoms with E-state index in [1.807, 2.05) is 0 Å². The molecule has 1 aromatic carbocycles. The third-order valence-corrected chi connectivity index (χ3v) is 4.01. The van der Waals surface area contributed by atoms with Gasteiger partial charge in [-0.2, -0.15) is 0 Å². The van der Waals surface area contributed by atoms with Crippen molar-refractivity contribution in [3.63, 3.8) is 0 Å². The van der Waals surface area contributed by atoms with E-state index in [9.17, 15) is 9.59 Å². The van der Waals surface area contributed by atoms with Gasteiger partial charge < -0.3 is 19.6 Å². The van der Waals surface area contributed by atoms with Gasteiger partial charge in [-0.15, -0.1) is 0 Å². The second-order valence-corrected chi connectivity index (χ2v) is 5.50. The number of carbonyl (C=O) groups excluding carboxylic acids is 1. The summed E-state index contributed by atoms with van der Waals surface area (Å²) < 4.78 is 5.54. The highest BCUT2D eigenvalue weighted by Gasteiger charge is 2.22. The second kappa shape index (κ2) is 6.80. The summed E-state index contributed by atoms with van der Waals surface area (Å²) in [5.74, 6) is -0.958. The Morgan fingerprint density at radius 1 is 1.29 bits per heavy atom. The number of aromatic carboxylic acids is 1. The van der Waals surface area contributed by atoms with Crippen molar-refractivity contribution in [1.82, 2.24) is 4.90 Å². The number of piperazine rings is 1. The molecule has 0 aromatic heterocycles. The second-order valence-electron chi connectivity index (χ2n) is 4.64. The molecule has 1 amide bonds. The number of ether oxygens (including phenoxy) is 1. The highest BCUT2D eigenvalue weighted by molar-refractivity contribution is 9.10. The molecule has 0 spiro atoms. The van der Waals surface area contributed by atoms with E-state index in [-0.39, 0.29) is 11.7 Å². The van der Waals surface area contributed by atoms with Crippen LogP contribution in [0.25, 0.3) is 0 Å². The molecule has 114 valence electrons. The number of hydrogen-bond acceptors (Lipinski definition) is 4. The Morgan fingerprint density at radius 3 is 2.48 bits per heavy atom. The van der Waals surface area contributed by atoms with Gasteiger partial charge in [0.15, 0.2) is 0 Å². The Morgan fingerprint density at radius 2 is 1.95 bits per heavy atom. The molecule has 21 heavy (non-hydrogen) atoms. The fourth-order valence-electron chi connectivity index (χ4n) is 2.24. The summed E-state index contributed by atoms with van der Waals surface area (Å²) in [5, 5.41) is 9.01. The van der Waals surface area contributed by atoms with Crippen LogP contribution in [0.2, 0.25) is 0 Å². The van der Waals surface area contributed by atoms with Gasteiger partial charge in [-0.25, -0.2) is 9.59 Å². The number of nitrogens with zero attached hydrogens (tertiary/aromatic N) is 2. The SMILES string of the molecule is CCOC(=O)N1CCN(c2ccc(C(=O)O)c(Br)c2)CC1. The molecule has 0 aliphatic carbocycles.